The fourth-order valence-electron chi connectivity index (χ4n) is 2.32. The Morgan fingerprint density at radius 1 is 1.25 bits per heavy atom. The van der Waals surface area contributed by atoms with Crippen LogP contribution in [0.25, 0.3) is 0 Å². The first-order valence-electron chi connectivity index (χ1n) is 7.88. The van der Waals surface area contributed by atoms with E-state index in [0.29, 0.717) is 22.6 Å². The summed E-state index contributed by atoms with van der Waals surface area (Å²) in [5.74, 6) is 0.653. The molecule has 3 rings (SSSR count). The summed E-state index contributed by atoms with van der Waals surface area (Å²) in [6.45, 7) is 0.0578. The predicted octanol–water partition coefficient (Wildman–Crippen LogP) is 3.02. The van der Waals surface area contributed by atoms with Gasteiger partial charge in [-0.3, -0.25) is 4.79 Å². The van der Waals surface area contributed by atoms with Crippen molar-refractivity contribution in [2.24, 2.45) is 5.92 Å². The highest BCUT2D eigenvalue weighted by Gasteiger charge is 2.30. The van der Waals surface area contributed by atoms with Crippen LogP contribution in [0.3, 0.4) is 0 Å². The Bertz CT molecular complexity index is 761. The summed E-state index contributed by atoms with van der Waals surface area (Å²) in [5, 5.41) is 21.9. The molecule has 2 N–H and O–H groups in total. The van der Waals surface area contributed by atoms with Crippen molar-refractivity contribution < 1.29 is 14.6 Å². The Kier molecular flexibility index (Phi) is 4.78. The van der Waals surface area contributed by atoms with Crippen molar-refractivity contribution in [2.45, 2.75) is 18.9 Å². The van der Waals surface area contributed by atoms with E-state index in [1.807, 2.05) is 18.2 Å². The van der Waals surface area contributed by atoms with Crippen LogP contribution in [0.2, 0.25) is 0 Å². The molecule has 2 aromatic rings. The summed E-state index contributed by atoms with van der Waals surface area (Å²) in [6.07, 6.45) is 1.06. The molecule has 1 aliphatic carbocycles. The number of amides is 1. The zero-order valence-electron chi connectivity index (χ0n) is 13.1. The fourth-order valence-corrected chi connectivity index (χ4v) is 2.32. The van der Waals surface area contributed by atoms with Crippen LogP contribution < -0.4 is 10.1 Å². The van der Waals surface area contributed by atoms with Gasteiger partial charge in [-0.25, -0.2) is 0 Å². The number of hydrogen-bond donors (Lipinski definition) is 2. The van der Waals surface area contributed by atoms with E-state index in [2.05, 4.69) is 5.32 Å². The highest BCUT2D eigenvalue weighted by Crippen LogP contribution is 2.32. The number of aliphatic hydroxyl groups is 1. The van der Waals surface area contributed by atoms with Gasteiger partial charge in [0.2, 0.25) is 5.91 Å². The van der Waals surface area contributed by atoms with E-state index in [1.54, 1.807) is 36.4 Å². The number of aliphatic hydroxyl groups excluding tert-OH is 1. The van der Waals surface area contributed by atoms with Crippen molar-refractivity contribution in [3.63, 3.8) is 0 Å². The molecule has 0 bridgehead atoms. The third-order valence-electron chi connectivity index (χ3n) is 3.91. The molecule has 1 unspecified atom stereocenters. The van der Waals surface area contributed by atoms with E-state index in [9.17, 15) is 9.90 Å². The van der Waals surface area contributed by atoms with Crippen molar-refractivity contribution in [1.29, 1.82) is 5.26 Å². The molecular formula is C19H18N2O3. The van der Waals surface area contributed by atoms with Gasteiger partial charge in [-0.05, 0) is 42.7 Å². The molecule has 1 amide bonds. The zero-order chi connectivity index (χ0) is 16.9. The second-order valence-corrected chi connectivity index (χ2v) is 5.82. The van der Waals surface area contributed by atoms with E-state index in [1.165, 1.54) is 0 Å². The minimum absolute atomic E-state index is 0.0127. The summed E-state index contributed by atoms with van der Waals surface area (Å²) in [7, 11) is 0. The van der Waals surface area contributed by atoms with Crippen LogP contribution in [0.1, 0.15) is 30.1 Å². The third kappa shape index (κ3) is 3.92. The number of para-hydroxylation sites is 2. The molecule has 1 aliphatic rings. The van der Waals surface area contributed by atoms with Gasteiger partial charge in [-0.15, -0.1) is 0 Å². The number of ether oxygens (including phenoxy) is 1. The predicted molar refractivity (Wildman–Crippen MR) is 89.4 cm³/mol. The standard InChI is InChI=1S/C19H18N2O3/c20-11-13-5-7-14(8-6-13)17(22)12-24-18-4-2-1-3-16(18)21-19(23)15-9-10-15/h1-8,15,17,22H,9-10,12H2,(H,21,23). The number of carbonyl (C=O) groups excluding carboxylic acids is 1. The Labute approximate surface area is 140 Å². The van der Waals surface area contributed by atoms with Gasteiger partial charge >= 0.3 is 0 Å². The smallest absolute Gasteiger partial charge is 0.227 e. The van der Waals surface area contributed by atoms with E-state index in [4.69, 9.17) is 10.00 Å². The molecule has 5 nitrogen and oxygen atoms in total. The normalized spacial score (nSPS) is 14.5. The molecule has 1 saturated carbocycles. The average Bonchev–Trinajstić information content (AvgIpc) is 3.46. The van der Waals surface area contributed by atoms with Crippen LogP contribution in [0.4, 0.5) is 5.69 Å². The molecule has 0 aliphatic heterocycles. The van der Waals surface area contributed by atoms with Crippen LogP contribution in [0, 0.1) is 17.2 Å². The van der Waals surface area contributed by atoms with Gasteiger partial charge in [0.1, 0.15) is 18.5 Å². The first kappa shape index (κ1) is 16.0. The molecule has 0 saturated heterocycles. The lowest BCUT2D eigenvalue weighted by molar-refractivity contribution is -0.117. The summed E-state index contributed by atoms with van der Waals surface area (Å²) in [5.41, 5.74) is 1.83. The topological polar surface area (TPSA) is 82.3 Å². The molecule has 0 heterocycles. The van der Waals surface area contributed by atoms with Gasteiger partial charge in [0, 0.05) is 5.92 Å². The van der Waals surface area contributed by atoms with Gasteiger partial charge in [0.15, 0.2) is 0 Å². The number of nitriles is 1. The molecule has 0 aromatic heterocycles. The largest absolute Gasteiger partial charge is 0.488 e. The van der Waals surface area contributed by atoms with Crippen LogP contribution >= 0.6 is 0 Å². The number of rotatable bonds is 6. The molecular weight excluding hydrogens is 304 g/mol. The Morgan fingerprint density at radius 3 is 2.62 bits per heavy atom. The summed E-state index contributed by atoms with van der Waals surface area (Å²) < 4.78 is 5.68. The molecule has 0 radical (unpaired) electrons. The third-order valence-corrected chi connectivity index (χ3v) is 3.91. The van der Waals surface area contributed by atoms with Gasteiger partial charge in [-0.2, -0.15) is 5.26 Å². The zero-order valence-corrected chi connectivity index (χ0v) is 13.1. The average molecular weight is 322 g/mol. The van der Waals surface area contributed by atoms with Crippen molar-refractivity contribution in [3.8, 4) is 11.8 Å². The quantitative estimate of drug-likeness (QED) is 0.856. The lowest BCUT2D eigenvalue weighted by Crippen LogP contribution is -2.15. The van der Waals surface area contributed by atoms with E-state index in [0.717, 1.165) is 12.8 Å². The Morgan fingerprint density at radius 2 is 1.96 bits per heavy atom. The van der Waals surface area contributed by atoms with Gasteiger partial charge in [-0.1, -0.05) is 24.3 Å². The number of carbonyl (C=O) groups is 1. The highest BCUT2D eigenvalue weighted by atomic mass is 16.5. The summed E-state index contributed by atoms with van der Waals surface area (Å²) in [4.78, 5) is 11.9. The lowest BCUT2D eigenvalue weighted by Gasteiger charge is -2.15. The molecule has 0 spiro atoms. The molecule has 2 aromatic carbocycles. The second-order valence-electron chi connectivity index (χ2n) is 5.82. The fraction of sp³-hybridized carbons (Fsp3) is 0.263. The number of nitrogens with one attached hydrogen (secondary N) is 1. The molecule has 24 heavy (non-hydrogen) atoms. The molecule has 1 fully saturated rings. The summed E-state index contributed by atoms with van der Waals surface area (Å²) >= 11 is 0. The van der Waals surface area contributed by atoms with Gasteiger partial charge in [0.25, 0.3) is 0 Å². The van der Waals surface area contributed by atoms with Crippen LogP contribution in [0.5, 0.6) is 5.75 Å². The number of nitrogens with zero attached hydrogens (tertiary/aromatic N) is 1. The van der Waals surface area contributed by atoms with E-state index in [-0.39, 0.29) is 18.4 Å². The minimum Gasteiger partial charge on any atom is -0.488 e. The van der Waals surface area contributed by atoms with Crippen molar-refractivity contribution in [2.75, 3.05) is 11.9 Å². The molecule has 1 atom stereocenters. The van der Waals surface area contributed by atoms with E-state index < -0.39 is 6.10 Å². The maximum Gasteiger partial charge on any atom is 0.227 e. The first-order chi connectivity index (χ1) is 11.7. The minimum atomic E-state index is -0.815. The molecule has 122 valence electrons. The van der Waals surface area contributed by atoms with Crippen molar-refractivity contribution in [3.05, 3.63) is 59.7 Å². The van der Waals surface area contributed by atoms with Crippen molar-refractivity contribution >= 4 is 11.6 Å². The highest BCUT2D eigenvalue weighted by molar-refractivity contribution is 5.95. The van der Waals surface area contributed by atoms with Crippen molar-refractivity contribution in [1.82, 2.24) is 0 Å². The monoisotopic (exact) mass is 322 g/mol. The van der Waals surface area contributed by atoms with Crippen LogP contribution in [-0.2, 0) is 4.79 Å². The molecule has 5 heteroatoms. The Hall–Kier alpha value is -2.84. The maximum atomic E-state index is 11.9. The van der Waals surface area contributed by atoms with Gasteiger partial charge in [0.05, 0.1) is 17.3 Å². The van der Waals surface area contributed by atoms with E-state index >= 15 is 0 Å². The number of benzene rings is 2. The second kappa shape index (κ2) is 7.16. The lowest BCUT2D eigenvalue weighted by atomic mass is 10.1. The van der Waals surface area contributed by atoms with Crippen LogP contribution in [-0.4, -0.2) is 17.6 Å². The first-order valence-corrected chi connectivity index (χ1v) is 7.88. The van der Waals surface area contributed by atoms with Crippen LogP contribution in [0.15, 0.2) is 48.5 Å². The number of anilines is 1. The number of hydrogen-bond acceptors (Lipinski definition) is 4. The SMILES string of the molecule is N#Cc1ccc(C(O)COc2ccccc2NC(=O)C2CC2)cc1. The summed E-state index contributed by atoms with van der Waals surface area (Å²) in [6, 6.07) is 15.9. The van der Waals surface area contributed by atoms with Gasteiger partial charge < -0.3 is 15.2 Å². The maximum absolute atomic E-state index is 11.9. The Balaban J connectivity index is 1.63.